The fraction of sp³-hybridized carbons (Fsp3) is 0.267. The highest BCUT2D eigenvalue weighted by Gasteiger charge is 2.03. The molecular weight excluding hydrogens is 274 g/mol. The molecule has 0 aliphatic carbocycles. The van der Waals surface area contributed by atoms with Gasteiger partial charge in [0.25, 0.3) is 0 Å². The van der Waals surface area contributed by atoms with Crippen molar-refractivity contribution >= 4 is 0 Å². The Kier molecular flexibility index (Phi) is 5.22. The van der Waals surface area contributed by atoms with E-state index >= 15 is 0 Å². The van der Waals surface area contributed by atoms with Gasteiger partial charge in [0, 0.05) is 6.07 Å². The van der Waals surface area contributed by atoms with Gasteiger partial charge in [0.1, 0.15) is 36.7 Å². The van der Waals surface area contributed by atoms with E-state index in [-0.39, 0.29) is 24.3 Å². The molecule has 0 saturated heterocycles. The molecule has 0 aliphatic heterocycles. The molecule has 6 heteroatoms. The Balaban J connectivity index is 1.80. The van der Waals surface area contributed by atoms with Crippen LogP contribution in [0.15, 0.2) is 45.8 Å². The van der Waals surface area contributed by atoms with Gasteiger partial charge in [-0.2, -0.15) is 0 Å². The van der Waals surface area contributed by atoms with Crippen LogP contribution in [0.1, 0.15) is 5.76 Å². The van der Waals surface area contributed by atoms with E-state index < -0.39 is 0 Å². The maximum atomic E-state index is 11.6. The Morgan fingerprint density at radius 1 is 1.10 bits per heavy atom. The molecule has 0 amide bonds. The third-order valence-electron chi connectivity index (χ3n) is 2.72. The molecule has 0 radical (unpaired) electrons. The van der Waals surface area contributed by atoms with Crippen molar-refractivity contribution in [2.24, 2.45) is 5.73 Å². The van der Waals surface area contributed by atoms with Crippen LogP contribution in [-0.2, 0) is 6.54 Å². The van der Waals surface area contributed by atoms with Crippen molar-refractivity contribution < 1.29 is 18.6 Å². The van der Waals surface area contributed by atoms with Gasteiger partial charge in [-0.3, -0.25) is 4.79 Å². The van der Waals surface area contributed by atoms with Gasteiger partial charge in [-0.1, -0.05) is 0 Å². The maximum Gasteiger partial charge on any atom is 0.227 e. The first-order chi connectivity index (χ1) is 10.2. The number of hydrogen-bond acceptors (Lipinski definition) is 6. The molecule has 0 unspecified atom stereocenters. The molecule has 112 valence electrons. The van der Waals surface area contributed by atoms with Crippen molar-refractivity contribution in [2.75, 3.05) is 20.3 Å². The molecule has 0 fully saturated rings. The van der Waals surface area contributed by atoms with E-state index in [1.54, 1.807) is 31.4 Å². The van der Waals surface area contributed by atoms with E-state index in [4.69, 9.17) is 24.4 Å². The van der Waals surface area contributed by atoms with Crippen LogP contribution in [-0.4, -0.2) is 20.3 Å². The minimum absolute atomic E-state index is 0.144. The zero-order valence-corrected chi connectivity index (χ0v) is 11.7. The first-order valence-electron chi connectivity index (χ1n) is 6.44. The van der Waals surface area contributed by atoms with Crippen molar-refractivity contribution in [1.82, 2.24) is 0 Å². The summed E-state index contributed by atoms with van der Waals surface area (Å²) in [5, 5.41) is 0. The van der Waals surface area contributed by atoms with E-state index in [1.165, 1.54) is 12.3 Å². The van der Waals surface area contributed by atoms with Gasteiger partial charge in [-0.05, 0) is 24.3 Å². The molecule has 6 nitrogen and oxygen atoms in total. The minimum Gasteiger partial charge on any atom is -0.497 e. The van der Waals surface area contributed by atoms with Crippen molar-refractivity contribution in [3.8, 4) is 17.2 Å². The fourth-order valence-corrected chi connectivity index (χ4v) is 1.63. The Bertz CT molecular complexity index is 621. The Morgan fingerprint density at radius 3 is 2.38 bits per heavy atom. The lowest BCUT2D eigenvalue weighted by molar-refractivity contribution is 0.211. The smallest absolute Gasteiger partial charge is 0.227 e. The summed E-state index contributed by atoms with van der Waals surface area (Å²) in [6, 6.07) is 8.51. The summed E-state index contributed by atoms with van der Waals surface area (Å²) in [5.74, 6) is 2.02. The average molecular weight is 291 g/mol. The summed E-state index contributed by atoms with van der Waals surface area (Å²) in [5.41, 5.74) is 5.11. The monoisotopic (exact) mass is 291 g/mol. The first-order valence-corrected chi connectivity index (χ1v) is 6.44. The van der Waals surface area contributed by atoms with Crippen LogP contribution in [0.2, 0.25) is 0 Å². The van der Waals surface area contributed by atoms with Gasteiger partial charge in [0.2, 0.25) is 11.2 Å². The van der Waals surface area contributed by atoms with Gasteiger partial charge in [0.05, 0.1) is 13.7 Å². The largest absolute Gasteiger partial charge is 0.497 e. The molecule has 0 saturated carbocycles. The lowest BCUT2D eigenvalue weighted by Gasteiger charge is -2.08. The number of hydrogen-bond donors (Lipinski definition) is 1. The summed E-state index contributed by atoms with van der Waals surface area (Å²) >= 11 is 0. The number of rotatable bonds is 7. The van der Waals surface area contributed by atoms with Gasteiger partial charge < -0.3 is 24.4 Å². The molecule has 0 atom stereocenters. The molecule has 0 spiro atoms. The molecule has 21 heavy (non-hydrogen) atoms. The molecule has 1 aromatic carbocycles. The van der Waals surface area contributed by atoms with Crippen LogP contribution < -0.4 is 25.4 Å². The molecule has 1 heterocycles. The predicted octanol–water partition coefficient (Wildman–Crippen LogP) is 1.56. The molecule has 1 aromatic heterocycles. The van der Waals surface area contributed by atoms with Crippen molar-refractivity contribution in [3.05, 3.63) is 52.6 Å². The molecule has 2 N–H and O–H groups in total. The number of ether oxygens (including phenoxy) is 3. The van der Waals surface area contributed by atoms with E-state index in [1.807, 2.05) is 0 Å². The second-order valence-corrected chi connectivity index (χ2v) is 4.15. The van der Waals surface area contributed by atoms with Gasteiger partial charge in [-0.15, -0.1) is 0 Å². The second-order valence-electron chi connectivity index (χ2n) is 4.15. The molecule has 2 aromatic rings. The van der Waals surface area contributed by atoms with Gasteiger partial charge >= 0.3 is 0 Å². The Hall–Kier alpha value is -2.47. The number of methoxy groups -OCH3 is 1. The standard InChI is InChI=1S/C15H17NO5/c1-18-11-2-4-12(5-3-11)19-6-7-20-15-10-21-13(9-16)8-14(15)17/h2-5,8,10H,6-7,9,16H2,1H3. The van der Waals surface area contributed by atoms with Crippen molar-refractivity contribution in [3.63, 3.8) is 0 Å². The SMILES string of the molecule is COc1ccc(OCCOc2coc(CN)cc2=O)cc1. The number of nitrogens with two attached hydrogens (primary N) is 1. The highest BCUT2D eigenvalue weighted by Crippen LogP contribution is 2.16. The van der Waals surface area contributed by atoms with E-state index in [0.717, 1.165) is 5.75 Å². The van der Waals surface area contributed by atoms with E-state index in [2.05, 4.69) is 0 Å². The molecular formula is C15H17NO5. The maximum absolute atomic E-state index is 11.6. The lowest BCUT2D eigenvalue weighted by atomic mass is 10.3. The predicted molar refractivity (Wildman–Crippen MR) is 76.9 cm³/mol. The minimum atomic E-state index is -0.258. The Labute approximate surface area is 122 Å². The van der Waals surface area contributed by atoms with Crippen molar-refractivity contribution in [2.45, 2.75) is 6.54 Å². The number of benzene rings is 1. The van der Waals surface area contributed by atoms with Crippen LogP contribution in [0.25, 0.3) is 0 Å². The normalized spacial score (nSPS) is 10.2. The molecule has 0 bridgehead atoms. The van der Waals surface area contributed by atoms with Crippen LogP contribution in [0, 0.1) is 0 Å². The van der Waals surface area contributed by atoms with Crippen LogP contribution in [0.3, 0.4) is 0 Å². The zero-order chi connectivity index (χ0) is 15.1. The quantitative estimate of drug-likeness (QED) is 0.779. The van der Waals surface area contributed by atoms with Crippen LogP contribution in [0.5, 0.6) is 17.2 Å². The molecule has 2 rings (SSSR count). The average Bonchev–Trinajstić information content (AvgIpc) is 2.53. The van der Waals surface area contributed by atoms with Gasteiger partial charge in [0.15, 0.2) is 0 Å². The van der Waals surface area contributed by atoms with E-state index in [9.17, 15) is 4.79 Å². The first kappa shape index (κ1) is 14.9. The Morgan fingerprint density at radius 2 is 1.76 bits per heavy atom. The highest BCUT2D eigenvalue weighted by atomic mass is 16.5. The summed E-state index contributed by atoms with van der Waals surface area (Å²) in [7, 11) is 1.60. The summed E-state index contributed by atoms with van der Waals surface area (Å²) in [4.78, 5) is 11.6. The molecule has 0 aliphatic rings. The summed E-state index contributed by atoms with van der Waals surface area (Å²) in [6.07, 6.45) is 1.26. The van der Waals surface area contributed by atoms with E-state index in [0.29, 0.717) is 18.1 Å². The second kappa shape index (κ2) is 7.35. The highest BCUT2D eigenvalue weighted by molar-refractivity contribution is 5.31. The summed E-state index contributed by atoms with van der Waals surface area (Å²) in [6.45, 7) is 0.721. The van der Waals surface area contributed by atoms with Crippen molar-refractivity contribution in [1.29, 1.82) is 0 Å². The van der Waals surface area contributed by atoms with Crippen LogP contribution in [0.4, 0.5) is 0 Å². The third-order valence-corrected chi connectivity index (χ3v) is 2.72. The van der Waals surface area contributed by atoms with Gasteiger partial charge in [-0.25, -0.2) is 0 Å². The zero-order valence-electron chi connectivity index (χ0n) is 11.7. The lowest BCUT2D eigenvalue weighted by Crippen LogP contribution is -2.14. The topological polar surface area (TPSA) is 83.9 Å². The third kappa shape index (κ3) is 4.25. The summed E-state index contributed by atoms with van der Waals surface area (Å²) < 4.78 is 21.0. The fourth-order valence-electron chi connectivity index (χ4n) is 1.63. The van der Waals surface area contributed by atoms with Crippen LogP contribution >= 0.6 is 0 Å².